The third kappa shape index (κ3) is 4.62. The molecule has 0 spiro atoms. The zero-order chi connectivity index (χ0) is 13.4. The average molecular weight is 314 g/mol. The van der Waals surface area contributed by atoms with E-state index in [1.165, 1.54) is 24.8 Å². The molecule has 0 radical (unpaired) electrons. The van der Waals surface area contributed by atoms with Crippen molar-refractivity contribution in [2.75, 3.05) is 13.7 Å². The van der Waals surface area contributed by atoms with Gasteiger partial charge in [-0.1, -0.05) is 49.0 Å². The third-order valence-corrected chi connectivity index (χ3v) is 3.61. The van der Waals surface area contributed by atoms with E-state index in [4.69, 9.17) is 4.74 Å². The first kappa shape index (κ1) is 15.5. The molecule has 1 N–H and O–H groups in total. The monoisotopic (exact) mass is 313 g/mol. The molecule has 18 heavy (non-hydrogen) atoms. The summed E-state index contributed by atoms with van der Waals surface area (Å²) in [6.07, 6.45) is 4.96. The Bertz CT molecular complexity index is 354. The Kier molecular flexibility index (Phi) is 7.36. The van der Waals surface area contributed by atoms with Crippen molar-refractivity contribution >= 4 is 15.9 Å². The van der Waals surface area contributed by atoms with Crippen molar-refractivity contribution in [3.05, 3.63) is 28.2 Å². The number of methoxy groups -OCH3 is 1. The van der Waals surface area contributed by atoms with Crippen molar-refractivity contribution in [2.45, 2.75) is 45.6 Å². The van der Waals surface area contributed by atoms with E-state index in [-0.39, 0.29) is 0 Å². The summed E-state index contributed by atoms with van der Waals surface area (Å²) in [4.78, 5) is 0. The van der Waals surface area contributed by atoms with Crippen LogP contribution < -0.4 is 10.1 Å². The second-order valence-electron chi connectivity index (χ2n) is 4.49. The first-order valence-electron chi connectivity index (χ1n) is 6.79. The summed E-state index contributed by atoms with van der Waals surface area (Å²) < 4.78 is 6.58. The highest BCUT2D eigenvalue weighted by atomic mass is 79.9. The summed E-state index contributed by atoms with van der Waals surface area (Å²) in [5, 5.41) is 3.56. The predicted molar refractivity (Wildman–Crippen MR) is 81.3 cm³/mol. The first-order valence-corrected chi connectivity index (χ1v) is 7.59. The molecule has 0 saturated carbocycles. The zero-order valence-electron chi connectivity index (χ0n) is 11.6. The molecule has 1 unspecified atom stereocenters. The van der Waals surface area contributed by atoms with Gasteiger partial charge in [0.15, 0.2) is 0 Å². The molecule has 1 aromatic carbocycles. The van der Waals surface area contributed by atoms with Crippen LogP contribution in [0.15, 0.2) is 22.7 Å². The number of nitrogens with one attached hydrogen (secondary N) is 1. The molecule has 0 heterocycles. The molecule has 1 aromatic rings. The fourth-order valence-corrected chi connectivity index (χ4v) is 2.57. The number of unbranched alkanes of at least 4 members (excludes halogenated alkanes) is 2. The van der Waals surface area contributed by atoms with Crippen LogP contribution in [0.25, 0.3) is 0 Å². The quantitative estimate of drug-likeness (QED) is 0.703. The van der Waals surface area contributed by atoms with Crippen LogP contribution in [-0.2, 0) is 0 Å². The smallest absolute Gasteiger partial charge is 0.123 e. The van der Waals surface area contributed by atoms with E-state index in [1.807, 2.05) is 12.1 Å². The number of rotatable bonds is 8. The maximum absolute atomic E-state index is 5.47. The summed E-state index contributed by atoms with van der Waals surface area (Å²) in [6.45, 7) is 5.37. The number of hydrogen-bond donors (Lipinski definition) is 1. The maximum atomic E-state index is 5.47. The second kappa shape index (κ2) is 8.54. The van der Waals surface area contributed by atoms with E-state index < -0.39 is 0 Å². The van der Waals surface area contributed by atoms with Crippen LogP contribution in [0.2, 0.25) is 0 Å². The van der Waals surface area contributed by atoms with Crippen molar-refractivity contribution in [3.8, 4) is 5.75 Å². The van der Waals surface area contributed by atoms with Crippen LogP contribution in [0.1, 0.15) is 51.1 Å². The Morgan fingerprint density at radius 2 is 2.06 bits per heavy atom. The minimum absolute atomic E-state index is 0.383. The molecule has 0 saturated heterocycles. The van der Waals surface area contributed by atoms with Gasteiger partial charge in [0.2, 0.25) is 0 Å². The molecule has 0 aliphatic carbocycles. The van der Waals surface area contributed by atoms with Crippen LogP contribution in [-0.4, -0.2) is 13.7 Å². The predicted octanol–water partition coefficient (Wildman–Crippen LogP) is 4.69. The number of hydrogen-bond acceptors (Lipinski definition) is 2. The van der Waals surface area contributed by atoms with Gasteiger partial charge in [0.25, 0.3) is 0 Å². The standard InChI is InChI=1S/C15H24BrNO/c1-4-6-7-8-14(17-5-2)13-11-12(16)9-10-15(13)18-3/h9-11,14,17H,4-8H2,1-3H3. The Morgan fingerprint density at radius 3 is 2.67 bits per heavy atom. The van der Waals surface area contributed by atoms with Gasteiger partial charge in [-0.2, -0.15) is 0 Å². The summed E-state index contributed by atoms with van der Waals surface area (Å²) >= 11 is 3.54. The first-order chi connectivity index (χ1) is 8.72. The van der Waals surface area contributed by atoms with E-state index in [2.05, 4.69) is 41.2 Å². The molecule has 0 aliphatic rings. The lowest BCUT2D eigenvalue weighted by molar-refractivity contribution is 0.393. The van der Waals surface area contributed by atoms with Crippen LogP contribution >= 0.6 is 15.9 Å². The van der Waals surface area contributed by atoms with Gasteiger partial charge in [-0.3, -0.25) is 0 Å². The molecule has 0 bridgehead atoms. The van der Waals surface area contributed by atoms with Gasteiger partial charge in [0.1, 0.15) is 5.75 Å². The Labute approximate surface area is 119 Å². The molecule has 3 heteroatoms. The Balaban J connectivity index is 2.85. The lowest BCUT2D eigenvalue weighted by Gasteiger charge is -2.21. The lowest BCUT2D eigenvalue weighted by Crippen LogP contribution is -2.21. The van der Waals surface area contributed by atoms with Gasteiger partial charge >= 0.3 is 0 Å². The normalized spacial score (nSPS) is 12.4. The summed E-state index contributed by atoms with van der Waals surface area (Å²) in [6, 6.07) is 6.60. The topological polar surface area (TPSA) is 21.3 Å². The van der Waals surface area contributed by atoms with Gasteiger partial charge in [-0.15, -0.1) is 0 Å². The molecule has 0 aromatic heterocycles. The van der Waals surface area contributed by atoms with Gasteiger partial charge < -0.3 is 10.1 Å². The molecule has 0 fully saturated rings. The van der Waals surface area contributed by atoms with Gasteiger partial charge in [-0.25, -0.2) is 0 Å². The number of benzene rings is 1. The SMILES string of the molecule is CCCCCC(NCC)c1cc(Br)ccc1OC. The fourth-order valence-electron chi connectivity index (χ4n) is 2.19. The second-order valence-corrected chi connectivity index (χ2v) is 5.41. The van der Waals surface area contributed by atoms with Crippen molar-refractivity contribution < 1.29 is 4.74 Å². The number of halogens is 1. The van der Waals surface area contributed by atoms with Crippen molar-refractivity contribution in [3.63, 3.8) is 0 Å². The largest absolute Gasteiger partial charge is 0.496 e. The fraction of sp³-hybridized carbons (Fsp3) is 0.600. The Hall–Kier alpha value is -0.540. The van der Waals surface area contributed by atoms with E-state index in [1.54, 1.807) is 7.11 Å². The average Bonchev–Trinajstić information content (AvgIpc) is 2.38. The molecular formula is C15H24BrNO. The molecule has 102 valence electrons. The van der Waals surface area contributed by atoms with Crippen molar-refractivity contribution in [2.24, 2.45) is 0 Å². The lowest BCUT2D eigenvalue weighted by atomic mass is 9.99. The third-order valence-electron chi connectivity index (χ3n) is 3.11. The van der Waals surface area contributed by atoms with Gasteiger partial charge in [0, 0.05) is 16.1 Å². The number of ether oxygens (including phenoxy) is 1. The van der Waals surface area contributed by atoms with E-state index in [0.29, 0.717) is 6.04 Å². The minimum atomic E-state index is 0.383. The van der Waals surface area contributed by atoms with E-state index in [9.17, 15) is 0 Å². The summed E-state index contributed by atoms with van der Waals surface area (Å²) in [7, 11) is 1.74. The highest BCUT2D eigenvalue weighted by molar-refractivity contribution is 9.10. The minimum Gasteiger partial charge on any atom is -0.496 e. The molecule has 2 nitrogen and oxygen atoms in total. The van der Waals surface area contributed by atoms with E-state index >= 15 is 0 Å². The highest BCUT2D eigenvalue weighted by Gasteiger charge is 2.15. The van der Waals surface area contributed by atoms with Crippen LogP contribution in [0.5, 0.6) is 5.75 Å². The Morgan fingerprint density at radius 1 is 1.28 bits per heavy atom. The summed E-state index contributed by atoms with van der Waals surface area (Å²) in [5.74, 6) is 0.973. The molecule has 1 atom stereocenters. The molecule has 0 aliphatic heterocycles. The van der Waals surface area contributed by atoms with Crippen LogP contribution in [0.3, 0.4) is 0 Å². The summed E-state index contributed by atoms with van der Waals surface area (Å²) in [5.41, 5.74) is 1.25. The maximum Gasteiger partial charge on any atom is 0.123 e. The van der Waals surface area contributed by atoms with Gasteiger partial charge in [0.05, 0.1) is 7.11 Å². The molecule has 1 rings (SSSR count). The zero-order valence-corrected chi connectivity index (χ0v) is 13.2. The van der Waals surface area contributed by atoms with Gasteiger partial charge in [-0.05, 0) is 31.2 Å². The van der Waals surface area contributed by atoms with Crippen LogP contribution in [0, 0.1) is 0 Å². The van der Waals surface area contributed by atoms with E-state index in [0.717, 1.165) is 23.2 Å². The van der Waals surface area contributed by atoms with Crippen molar-refractivity contribution in [1.29, 1.82) is 0 Å². The highest BCUT2D eigenvalue weighted by Crippen LogP contribution is 2.31. The molecular weight excluding hydrogens is 290 g/mol. The molecule has 0 amide bonds. The van der Waals surface area contributed by atoms with Crippen molar-refractivity contribution in [1.82, 2.24) is 5.32 Å². The van der Waals surface area contributed by atoms with Crippen LogP contribution in [0.4, 0.5) is 0 Å².